The maximum absolute atomic E-state index is 11.8. The minimum Gasteiger partial charge on any atom is -0.317 e. The molecular formula is C13H23ClN4O. The SMILES string of the molecule is Cc1cc(NC(=O)CCC2CCNCC2)nn1C.Cl. The van der Waals surface area contributed by atoms with Crippen molar-refractivity contribution in [2.24, 2.45) is 13.0 Å². The first kappa shape index (κ1) is 16.0. The number of carbonyl (C=O) groups is 1. The van der Waals surface area contributed by atoms with Crippen molar-refractivity contribution in [3.05, 3.63) is 11.8 Å². The summed E-state index contributed by atoms with van der Waals surface area (Å²) in [4.78, 5) is 11.8. The highest BCUT2D eigenvalue weighted by molar-refractivity contribution is 5.89. The summed E-state index contributed by atoms with van der Waals surface area (Å²) in [5.74, 6) is 1.43. The summed E-state index contributed by atoms with van der Waals surface area (Å²) in [6.07, 6.45) is 3.96. The van der Waals surface area contributed by atoms with Gasteiger partial charge in [0.1, 0.15) is 0 Å². The zero-order valence-corrected chi connectivity index (χ0v) is 12.4. The molecule has 1 aromatic rings. The molecule has 0 unspecified atom stereocenters. The standard InChI is InChI=1S/C13H22N4O.ClH/c1-10-9-12(16-17(10)2)15-13(18)4-3-11-5-7-14-8-6-11;/h9,11,14H,3-8H2,1-2H3,(H,15,16,18);1H. The molecule has 0 bridgehead atoms. The number of carbonyl (C=O) groups excluding carboxylic acids is 1. The summed E-state index contributed by atoms with van der Waals surface area (Å²) in [5.41, 5.74) is 1.05. The Morgan fingerprint density at radius 3 is 2.79 bits per heavy atom. The lowest BCUT2D eigenvalue weighted by Crippen LogP contribution is -2.28. The lowest BCUT2D eigenvalue weighted by atomic mass is 9.93. The molecule has 1 amide bonds. The molecule has 1 saturated heterocycles. The van der Waals surface area contributed by atoms with Gasteiger partial charge in [-0.3, -0.25) is 9.48 Å². The minimum absolute atomic E-state index is 0. The number of hydrogen-bond acceptors (Lipinski definition) is 3. The van der Waals surface area contributed by atoms with E-state index in [2.05, 4.69) is 15.7 Å². The van der Waals surface area contributed by atoms with Gasteiger partial charge in [-0.05, 0) is 45.2 Å². The van der Waals surface area contributed by atoms with E-state index in [0.29, 0.717) is 18.2 Å². The summed E-state index contributed by atoms with van der Waals surface area (Å²) >= 11 is 0. The number of amides is 1. The molecule has 108 valence electrons. The van der Waals surface area contributed by atoms with E-state index in [-0.39, 0.29) is 18.3 Å². The van der Waals surface area contributed by atoms with Crippen molar-refractivity contribution in [1.29, 1.82) is 0 Å². The summed E-state index contributed by atoms with van der Waals surface area (Å²) in [7, 11) is 1.88. The number of rotatable bonds is 4. The van der Waals surface area contributed by atoms with Gasteiger partial charge in [0.25, 0.3) is 0 Å². The second kappa shape index (κ2) is 7.50. The van der Waals surface area contributed by atoms with E-state index in [1.165, 1.54) is 12.8 Å². The van der Waals surface area contributed by atoms with Crippen LogP contribution >= 0.6 is 12.4 Å². The molecule has 1 aliphatic heterocycles. The highest BCUT2D eigenvalue weighted by Gasteiger charge is 2.15. The fourth-order valence-corrected chi connectivity index (χ4v) is 2.33. The number of aromatic nitrogens is 2. The predicted octanol–water partition coefficient (Wildman–Crippen LogP) is 1.87. The molecule has 5 nitrogen and oxygen atoms in total. The van der Waals surface area contributed by atoms with Crippen LogP contribution in [-0.4, -0.2) is 28.8 Å². The summed E-state index contributed by atoms with van der Waals surface area (Å²) in [6.45, 7) is 4.15. The zero-order chi connectivity index (χ0) is 13.0. The molecular weight excluding hydrogens is 264 g/mol. The Hall–Kier alpha value is -1.07. The predicted molar refractivity (Wildman–Crippen MR) is 78.7 cm³/mol. The highest BCUT2D eigenvalue weighted by Crippen LogP contribution is 2.18. The van der Waals surface area contributed by atoms with Crippen LogP contribution in [0.3, 0.4) is 0 Å². The summed E-state index contributed by atoms with van der Waals surface area (Å²) < 4.78 is 1.77. The van der Waals surface area contributed by atoms with Crippen molar-refractivity contribution < 1.29 is 4.79 Å². The van der Waals surface area contributed by atoms with Gasteiger partial charge >= 0.3 is 0 Å². The highest BCUT2D eigenvalue weighted by atomic mass is 35.5. The van der Waals surface area contributed by atoms with Crippen LogP contribution in [0, 0.1) is 12.8 Å². The quantitative estimate of drug-likeness (QED) is 0.888. The fraction of sp³-hybridized carbons (Fsp3) is 0.692. The van der Waals surface area contributed by atoms with Crippen molar-refractivity contribution in [1.82, 2.24) is 15.1 Å². The first-order chi connectivity index (χ1) is 8.65. The van der Waals surface area contributed by atoms with Crippen molar-refractivity contribution >= 4 is 24.1 Å². The Morgan fingerprint density at radius 1 is 1.53 bits per heavy atom. The molecule has 0 radical (unpaired) electrons. The van der Waals surface area contributed by atoms with Crippen molar-refractivity contribution in [2.45, 2.75) is 32.6 Å². The third-order valence-electron chi connectivity index (χ3n) is 3.62. The van der Waals surface area contributed by atoms with E-state index in [9.17, 15) is 4.79 Å². The lowest BCUT2D eigenvalue weighted by Gasteiger charge is -2.21. The molecule has 2 rings (SSSR count). The van der Waals surface area contributed by atoms with Crippen LogP contribution in [0.4, 0.5) is 5.82 Å². The van der Waals surface area contributed by atoms with E-state index in [4.69, 9.17) is 0 Å². The molecule has 0 aromatic carbocycles. The molecule has 19 heavy (non-hydrogen) atoms. The molecule has 6 heteroatoms. The van der Waals surface area contributed by atoms with Crippen LogP contribution in [0.15, 0.2) is 6.07 Å². The van der Waals surface area contributed by atoms with E-state index in [0.717, 1.165) is 25.2 Å². The van der Waals surface area contributed by atoms with Crippen LogP contribution in [-0.2, 0) is 11.8 Å². The Kier molecular flexibility index (Phi) is 6.31. The monoisotopic (exact) mass is 286 g/mol. The third kappa shape index (κ3) is 4.84. The molecule has 1 aromatic heterocycles. The summed E-state index contributed by atoms with van der Waals surface area (Å²) in [6, 6.07) is 1.89. The zero-order valence-electron chi connectivity index (χ0n) is 11.6. The van der Waals surface area contributed by atoms with Gasteiger partial charge in [-0.15, -0.1) is 12.4 Å². The topological polar surface area (TPSA) is 59.0 Å². The molecule has 1 aliphatic rings. The van der Waals surface area contributed by atoms with Gasteiger partial charge < -0.3 is 10.6 Å². The maximum atomic E-state index is 11.8. The van der Waals surface area contributed by atoms with E-state index in [1.54, 1.807) is 4.68 Å². The van der Waals surface area contributed by atoms with Crippen molar-refractivity contribution in [3.8, 4) is 0 Å². The molecule has 0 spiro atoms. The number of piperidine rings is 1. The normalized spacial score (nSPS) is 15.9. The Morgan fingerprint density at radius 2 is 2.21 bits per heavy atom. The number of anilines is 1. The van der Waals surface area contributed by atoms with Crippen molar-refractivity contribution in [3.63, 3.8) is 0 Å². The largest absolute Gasteiger partial charge is 0.317 e. The van der Waals surface area contributed by atoms with Gasteiger partial charge in [-0.2, -0.15) is 5.10 Å². The molecule has 2 N–H and O–H groups in total. The van der Waals surface area contributed by atoms with E-state index < -0.39 is 0 Å². The molecule has 0 aliphatic carbocycles. The summed E-state index contributed by atoms with van der Waals surface area (Å²) in [5, 5.41) is 10.4. The van der Waals surface area contributed by atoms with Crippen LogP contribution in [0.25, 0.3) is 0 Å². The number of halogens is 1. The second-order valence-corrected chi connectivity index (χ2v) is 5.07. The second-order valence-electron chi connectivity index (χ2n) is 5.07. The van der Waals surface area contributed by atoms with E-state index >= 15 is 0 Å². The molecule has 1 fully saturated rings. The van der Waals surface area contributed by atoms with Crippen molar-refractivity contribution in [2.75, 3.05) is 18.4 Å². The smallest absolute Gasteiger partial charge is 0.225 e. The molecule has 0 saturated carbocycles. The first-order valence-corrected chi connectivity index (χ1v) is 6.66. The van der Waals surface area contributed by atoms with Gasteiger partial charge in [-0.25, -0.2) is 0 Å². The number of nitrogens with one attached hydrogen (secondary N) is 2. The first-order valence-electron chi connectivity index (χ1n) is 6.66. The maximum Gasteiger partial charge on any atom is 0.225 e. The van der Waals surface area contributed by atoms with Gasteiger partial charge in [0.15, 0.2) is 5.82 Å². The molecule has 2 heterocycles. The number of aryl methyl sites for hydroxylation is 2. The Bertz CT molecular complexity index is 393. The minimum atomic E-state index is 0. The lowest BCUT2D eigenvalue weighted by molar-refractivity contribution is -0.116. The van der Waals surface area contributed by atoms with Crippen LogP contribution in [0.5, 0.6) is 0 Å². The van der Waals surface area contributed by atoms with Gasteiger partial charge in [0, 0.05) is 25.2 Å². The Balaban J connectivity index is 0.00000180. The molecule has 0 atom stereocenters. The number of hydrogen-bond donors (Lipinski definition) is 2. The van der Waals surface area contributed by atoms with Gasteiger partial charge in [0.2, 0.25) is 5.91 Å². The van der Waals surface area contributed by atoms with Gasteiger partial charge in [0.05, 0.1) is 0 Å². The van der Waals surface area contributed by atoms with Crippen LogP contribution < -0.4 is 10.6 Å². The van der Waals surface area contributed by atoms with Crippen LogP contribution in [0.2, 0.25) is 0 Å². The average Bonchev–Trinajstić information content (AvgIpc) is 2.67. The number of nitrogens with zero attached hydrogens (tertiary/aromatic N) is 2. The average molecular weight is 287 g/mol. The van der Waals surface area contributed by atoms with Crippen LogP contribution in [0.1, 0.15) is 31.4 Å². The fourth-order valence-electron chi connectivity index (χ4n) is 2.33. The van der Waals surface area contributed by atoms with Gasteiger partial charge in [-0.1, -0.05) is 0 Å². The Labute approximate surface area is 120 Å². The van der Waals surface area contributed by atoms with E-state index in [1.807, 2.05) is 20.0 Å². The third-order valence-corrected chi connectivity index (χ3v) is 3.62.